The van der Waals surface area contributed by atoms with Gasteiger partial charge >= 0.3 is 11.9 Å². The molecular weight excluding hydrogens is 508 g/mol. The molecule has 0 aliphatic carbocycles. The maximum Gasteiger partial charge on any atom is 0.332 e. The van der Waals surface area contributed by atoms with E-state index in [1.807, 2.05) is 0 Å². The van der Waals surface area contributed by atoms with Gasteiger partial charge in [0, 0.05) is 24.2 Å². The maximum absolute atomic E-state index is 13.2. The number of ether oxygens (including phenoxy) is 4. The van der Waals surface area contributed by atoms with Crippen LogP contribution in [0, 0.1) is 5.41 Å². The van der Waals surface area contributed by atoms with Crippen molar-refractivity contribution in [2.75, 3.05) is 26.3 Å². The fourth-order valence-corrected chi connectivity index (χ4v) is 3.75. The SMILES string of the molecule is C[C@H](NC(=O)c1ccc(C(=N)N)cc1)C(=O)N1C[C@H](OCC(=O)OC(C)(C)C)[C@@H](OCC(=O)OC(C)(C)C)C1. The van der Waals surface area contributed by atoms with Crippen LogP contribution in [0.2, 0.25) is 0 Å². The summed E-state index contributed by atoms with van der Waals surface area (Å²) in [5, 5.41) is 10.1. The summed E-state index contributed by atoms with van der Waals surface area (Å²) < 4.78 is 22.0. The molecule has 0 aromatic heterocycles. The Balaban J connectivity index is 2.04. The van der Waals surface area contributed by atoms with Crippen molar-refractivity contribution in [3.63, 3.8) is 0 Å². The standard InChI is InChI=1S/C27H40N4O8/c1-16(30-24(34)18-10-8-17(9-11-18)23(28)29)25(35)31-12-19(36-14-21(32)38-26(2,3)4)20(13-31)37-15-22(33)39-27(5,6)7/h8-11,16,19-20H,12-15H2,1-7H3,(H3,28,29)(H,30,34)/t16-,19-,20-/m0/s1. The van der Waals surface area contributed by atoms with Crippen molar-refractivity contribution in [2.45, 2.75) is 77.9 Å². The van der Waals surface area contributed by atoms with E-state index in [9.17, 15) is 19.2 Å². The Hall–Kier alpha value is -3.51. The molecule has 2 amide bonds. The van der Waals surface area contributed by atoms with Crippen LogP contribution in [0.4, 0.5) is 0 Å². The van der Waals surface area contributed by atoms with E-state index in [1.165, 1.54) is 17.0 Å². The number of amides is 2. The fraction of sp³-hybridized carbons (Fsp3) is 0.593. The Kier molecular flexibility index (Phi) is 10.6. The predicted octanol–water partition coefficient (Wildman–Crippen LogP) is 1.38. The first-order valence-electron chi connectivity index (χ1n) is 12.7. The third-order valence-electron chi connectivity index (χ3n) is 5.37. The number of likely N-dealkylation sites (tertiary alicyclic amines) is 1. The highest BCUT2D eigenvalue weighted by Crippen LogP contribution is 2.20. The molecule has 4 N–H and O–H groups in total. The van der Waals surface area contributed by atoms with Crippen molar-refractivity contribution >= 4 is 29.6 Å². The fourth-order valence-electron chi connectivity index (χ4n) is 3.75. The van der Waals surface area contributed by atoms with E-state index in [2.05, 4.69) is 5.32 Å². The van der Waals surface area contributed by atoms with Crippen LogP contribution in [0.5, 0.6) is 0 Å². The van der Waals surface area contributed by atoms with Crippen molar-refractivity contribution in [1.29, 1.82) is 5.41 Å². The minimum Gasteiger partial charge on any atom is -0.458 e. The minimum atomic E-state index is -0.888. The quantitative estimate of drug-likeness (QED) is 0.222. The van der Waals surface area contributed by atoms with Gasteiger partial charge in [-0.05, 0) is 60.6 Å². The highest BCUT2D eigenvalue weighted by Gasteiger charge is 2.39. The second-order valence-corrected chi connectivity index (χ2v) is 11.3. The molecule has 39 heavy (non-hydrogen) atoms. The topological polar surface area (TPSA) is 170 Å². The number of esters is 2. The molecule has 0 spiro atoms. The van der Waals surface area contributed by atoms with Crippen molar-refractivity contribution < 1.29 is 38.1 Å². The number of rotatable bonds is 10. The lowest BCUT2D eigenvalue weighted by Gasteiger charge is -2.23. The van der Waals surface area contributed by atoms with E-state index in [1.54, 1.807) is 60.6 Å². The molecule has 12 nitrogen and oxygen atoms in total. The van der Waals surface area contributed by atoms with Crippen LogP contribution in [-0.4, -0.2) is 90.2 Å². The molecule has 0 bridgehead atoms. The summed E-state index contributed by atoms with van der Waals surface area (Å²) in [6, 6.07) is 5.23. The Morgan fingerprint density at radius 1 is 0.897 bits per heavy atom. The van der Waals surface area contributed by atoms with Crippen molar-refractivity contribution in [2.24, 2.45) is 5.73 Å². The van der Waals surface area contributed by atoms with Gasteiger partial charge in [-0.2, -0.15) is 0 Å². The zero-order valence-electron chi connectivity index (χ0n) is 23.7. The highest BCUT2D eigenvalue weighted by molar-refractivity contribution is 5.99. The van der Waals surface area contributed by atoms with Gasteiger partial charge in [0.1, 0.15) is 48.5 Å². The van der Waals surface area contributed by atoms with Gasteiger partial charge in [0.15, 0.2) is 0 Å². The Morgan fingerprint density at radius 2 is 1.31 bits per heavy atom. The monoisotopic (exact) mass is 548 g/mol. The summed E-state index contributed by atoms with van der Waals surface area (Å²) in [4.78, 5) is 51.6. The molecule has 1 aliphatic heterocycles. The van der Waals surface area contributed by atoms with Crippen LogP contribution >= 0.6 is 0 Å². The van der Waals surface area contributed by atoms with Gasteiger partial charge in [0.2, 0.25) is 5.91 Å². The zero-order chi connectivity index (χ0) is 29.5. The molecule has 1 aromatic rings. The van der Waals surface area contributed by atoms with E-state index in [0.717, 1.165) is 0 Å². The van der Waals surface area contributed by atoms with Crippen LogP contribution < -0.4 is 11.1 Å². The second kappa shape index (κ2) is 13.0. The molecule has 3 atom stereocenters. The molecule has 1 aliphatic rings. The normalized spacial score (nSPS) is 18.3. The third kappa shape index (κ3) is 10.6. The summed E-state index contributed by atoms with van der Waals surface area (Å²) in [5.74, 6) is -2.13. The van der Waals surface area contributed by atoms with Gasteiger partial charge in [0.05, 0.1) is 0 Å². The number of nitrogens with one attached hydrogen (secondary N) is 2. The van der Waals surface area contributed by atoms with Gasteiger partial charge in [-0.25, -0.2) is 9.59 Å². The van der Waals surface area contributed by atoms with Crippen LogP contribution in [0.3, 0.4) is 0 Å². The number of nitrogens with two attached hydrogens (primary N) is 1. The van der Waals surface area contributed by atoms with Crippen molar-refractivity contribution in [3.8, 4) is 0 Å². The molecule has 1 aromatic carbocycles. The van der Waals surface area contributed by atoms with Crippen LogP contribution in [-0.2, 0) is 33.3 Å². The van der Waals surface area contributed by atoms with Crippen molar-refractivity contribution in [3.05, 3.63) is 35.4 Å². The Labute approximate surface area is 229 Å². The number of nitrogens with zero attached hydrogens (tertiary/aromatic N) is 1. The van der Waals surface area contributed by atoms with Crippen LogP contribution in [0.15, 0.2) is 24.3 Å². The molecule has 0 radical (unpaired) electrons. The number of benzene rings is 1. The smallest absolute Gasteiger partial charge is 0.332 e. The van der Waals surface area contributed by atoms with Crippen LogP contribution in [0.1, 0.15) is 64.4 Å². The molecule has 216 valence electrons. The molecule has 1 heterocycles. The number of hydrogen-bond donors (Lipinski definition) is 3. The molecule has 2 rings (SSSR count). The molecule has 1 saturated heterocycles. The number of amidine groups is 1. The van der Waals surface area contributed by atoms with E-state index >= 15 is 0 Å². The van der Waals surface area contributed by atoms with E-state index in [4.69, 9.17) is 30.1 Å². The first kappa shape index (κ1) is 31.7. The third-order valence-corrected chi connectivity index (χ3v) is 5.37. The summed E-state index contributed by atoms with van der Waals surface area (Å²) in [7, 11) is 0. The van der Waals surface area contributed by atoms with E-state index in [0.29, 0.717) is 11.1 Å². The van der Waals surface area contributed by atoms with Gasteiger partial charge in [-0.1, -0.05) is 12.1 Å². The minimum absolute atomic E-state index is 0.0775. The average molecular weight is 549 g/mol. The predicted molar refractivity (Wildman–Crippen MR) is 142 cm³/mol. The largest absolute Gasteiger partial charge is 0.458 e. The highest BCUT2D eigenvalue weighted by atomic mass is 16.6. The molecule has 1 fully saturated rings. The van der Waals surface area contributed by atoms with Gasteiger partial charge in [0.25, 0.3) is 5.91 Å². The second-order valence-electron chi connectivity index (χ2n) is 11.3. The maximum atomic E-state index is 13.2. The lowest BCUT2D eigenvalue weighted by molar-refractivity contribution is -0.169. The zero-order valence-corrected chi connectivity index (χ0v) is 23.7. The Morgan fingerprint density at radius 3 is 1.69 bits per heavy atom. The number of carbonyl (C=O) groups excluding carboxylic acids is 4. The molecule has 12 heteroatoms. The number of carbonyl (C=O) groups is 4. The van der Waals surface area contributed by atoms with Gasteiger partial charge in [-0.3, -0.25) is 15.0 Å². The summed E-state index contributed by atoms with van der Waals surface area (Å²) in [6.07, 6.45) is -1.43. The molecule has 0 saturated carbocycles. The summed E-state index contributed by atoms with van der Waals surface area (Å²) in [6.45, 7) is 11.4. The van der Waals surface area contributed by atoms with Gasteiger partial charge < -0.3 is 34.9 Å². The first-order valence-corrected chi connectivity index (χ1v) is 12.7. The van der Waals surface area contributed by atoms with Gasteiger partial charge in [-0.15, -0.1) is 0 Å². The summed E-state index contributed by atoms with van der Waals surface area (Å²) >= 11 is 0. The van der Waals surface area contributed by atoms with E-state index < -0.39 is 53.2 Å². The number of hydrogen-bond acceptors (Lipinski definition) is 9. The molecule has 0 unspecified atom stereocenters. The average Bonchev–Trinajstić information content (AvgIpc) is 3.21. The lowest BCUT2D eigenvalue weighted by atomic mass is 10.1. The first-order chi connectivity index (χ1) is 17.9. The van der Waals surface area contributed by atoms with E-state index in [-0.39, 0.29) is 32.1 Å². The van der Waals surface area contributed by atoms with Crippen molar-refractivity contribution in [1.82, 2.24) is 10.2 Å². The summed E-state index contributed by atoms with van der Waals surface area (Å²) in [5.41, 5.74) is 4.84. The lowest BCUT2D eigenvalue weighted by Crippen LogP contribution is -2.46. The number of nitrogen functional groups attached to an aromatic ring is 1. The van der Waals surface area contributed by atoms with Crippen LogP contribution in [0.25, 0.3) is 0 Å². The Bertz CT molecular complexity index is 1020. The molecular formula is C27H40N4O8.